The molecule has 3 N–H and O–H groups in total. The van der Waals surface area contributed by atoms with E-state index in [0.29, 0.717) is 64.5 Å². The zero-order chi connectivity index (χ0) is 67.9. The number of ether oxygens (including phenoxy) is 22. The van der Waals surface area contributed by atoms with Crippen LogP contribution < -0.4 is 0 Å². The summed E-state index contributed by atoms with van der Waals surface area (Å²) in [4.78, 5) is 49.7. The number of carbonyl (C=O) groups excluding carboxylic acids is 3. The molecule has 0 atom stereocenters. The molecule has 1 heterocycles. The number of benzene rings is 2. The fourth-order valence-electron chi connectivity index (χ4n) is 5.91. The maximum absolute atomic E-state index is 12.0. The summed E-state index contributed by atoms with van der Waals surface area (Å²) in [5.41, 5.74) is 2.16. The first-order chi connectivity index (χ1) is 44.4. The van der Waals surface area contributed by atoms with Gasteiger partial charge in [-0.1, -0.05) is 60.7 Å². The van der Waals surface area contributed by atoms with Gasteiger partial charge < -0.3 is 124 Å². The monoisotopic (exact) mass is 1330 g/mol. The zero-order valence-corrected chi connectivity index (χ0v) is 55.2. The van der Waals surface area contributed by atoms with Crippen LogP contribution in [0.4, 0.5) is 0 Å². The third-order valence-electron chi connectivity index (χ3n) is 10.1. The van der Waals surface area contributed by atoms with E-state index in [4.69, 9.17) is 120 Å². The zero-order valence-electron chi connectivity index (χ0n) is 55.2. The Balaban J connectivity index is -0.00000106. The number of rotatable bonds is 53. The molecular weight excluding hydrogens is 1220 g/mol. The molecule has 3 rings (SSSR count). The standard InChI is InChI=1S/C14H22O5.C12H19NO8.C12H18O5.C11H24O7.C7H16O5.C3H8O/c1-15-11-17-9-14(10-18-12-16-2)19-8-13-6-4-3-5-7-13;1-17-7-19-5-9(6-20-8-18-2)12(16)21-13-10(14)3-4-11(13)15;13-9-15-7-12(8-16-10-14)17-6-11-4-2-1-3-5-11;1-4-14-5-6-17-18-11(7-15-9-12-2)8-16-10-13-3;1-9-5-11-3-7(8)4-12-6-10-2;1-3-4-2/h3-7,14H,8-12H2,1-2H3;9H,3-8H2,1-2H3;1-5,12-14H,6-10H2;11H,4-10H2,1-3H3;7-8H,3-6H2,1-2H3;3H2,1-2H3. The number of methoxy groups -OCH3 is 9. The average Bonchev–Trinajstić information content (AvgIpc) is 3.68. The van der Waals surface area contributed by atoms with E-state index in [1.807, 2.05) is 74.5 Å². The minimum Gasteiger partial charge on any atom is -0.388 e. The highest BCUT2D eigenvalue weighted by atomic mass is 17.2. The molecule has 1 aliphatic rings. The molecule has 0 unspecified atom stereocenters. The Kier molecular flexibility index (Phi) is 73.5. The van der Waals surface area contributed by atoms with Gasteiger partial charge in [0.25, 0.3) is 11.8 Å². The summed E-state index contributed by atoms with van der Waals surface area (Å²) in [5, 5.41) is 26.7. The molecule has 0 radical (unpaired) electrons. The molecular formula is C59H107NO31. The van der Waals surface area contributed by atoms with Crippen molar-refractivity contribution in [1.82, 2.24) is 5.06 Å². The predicted molar refractivity (Wildman–Crippen MR) is 320 cm³/mol. The Bertz CT molecular complexity index is 1720. The van der Waals surface area contributed by atoms with Crippen molar-refractivity contribution < 1.29 is 149 Å². The lowest BCUT2D eigenvalue weighted by atomic mass is 10.2. The molecule has 1 fully saturated rings. The molecule has 0 aromatic heterocycles. The first-order valence-corrected chi connectivity index (χ1v) is 28.7. The van der Waals surface area contributed by atoms with E-state index >= 15 is 0 Å². The van der Waals surface area contributed by atoms with E-state index < -0.39 is 29.8 Å². The predicted octanol–water partition coefficient (Wildman–Crippen LogP) is 2.59. The van der Waals surface area contributed by atoms with E-state index in [-0.39, 0.29) is 139 Å². The van der Waals surface area contributed by atoms with Gasteiger partial charge in [-0.15, -0.1) is 5.06 Å². The molecule has 2 amide bonds. The molecule has 32 heteroatoms. The summed E-state index contributed by atoms with van der Waals surface area (Å²) in [6.07, 6.45) is -1.35. The SMILES string of the molecule is CCOC.CCOCCOOC(COCOC)COCOC.COCOCC(COCOC)C(=O)ON1C(=O)CCC1=O.COCOCC(COCOC)OCc1ccccc1.COCOCC(O)COCOC.OCOCC(COCO)OCc1ccccc1. The smallest absolute Gasteiger partial charge is 0.340 e. The van der Waals surface area contributed by atoms with E-state index in [1.54, 1.807) is 35.5 Å². The second-order valence-electron chi connectivity index (χ2n) is 17.7. The van der Waals surface area contributed by atoms with Gasteiger partial charge in [0.15, 0.2) is 0 Å². The van der Waals surface area contributed by atoms with Gasteiger partial charge in [-0.25, -0.2) is 14.6 Å². The first kappa shape index (κ1) is 91.2. The van der Waals surface area contributed by atoms with Crippen LogP contribution in [0.3, 0.4) is 0 Å². The van der Waals surface area contributed by atoms with Crippen LogP contribution in [0.1, 0.15) is 37.8 Å². The number of hydrogen-bond donors (Lipinski definition) is 3. The van der Waals surface area contributed by atoms with Gasteiger partial charge in [-0.3, -0.25) is 9.59 Å². The van der Waals surface area contributed by atoms with Crippen LogP contribution in [-0.2, 0) is 146 Å². The van der Waals surface area contributed by atoms with E-state index in [1.165, 1.54) is 28.4 Å². The van der Waals surface area contributed by atoms with Gasteiger partial charge in [-0.05, 0) is 25.0 Å². The number of nitrogens with zero attached hydrogens (tertiary/aromatic N) is 1. The van der Waals surface area contributed by atoms with Crippen LogP contribution in [0.25, 0.3) is 0 Å². The van der Waals surface area contributed by atoms with Crippen molar-refractivity contribution in [1.29, 1.82) is 0 Å². The van der Waals surface area contributed by atoms with Crippen LogP contribution >= 0.6 is 0 Å². The van der Waals surface area contributed by atoms with E-state index in [2.05, 4.69) is 14.2 Å². The number of amides is 2. The van der Waals surface area contributed by atoms with Crippen LogP contribution in [0.2, 0.25) is 0 Å². The molecule has 0 aliphatic carbocycles. The lowest BCUT2D eigenvalue weighted by Crippen LogP contribution is -2.37. The number of aliphatic hydroxyl groups excluding tert-OH is 3. The minimum absolute atomic E-state index is 0.00433. The largest absolute Gasteiger partial charge is 0.388 e. The molecule has 0 bridgehead atoms. The summed E-state index contributed by atoms with van der Waals surface area (Å²) >= 11 is 0. The highest BCUT2D eigenvalue weighted by Crippen LogP contribution is 2.15. The fourth-order valence-corrected chi connectivity index (χ4v) is 5.91. The summed E-state index contributed by atoms with van der Waals surface area (Å²) in [6, 6.07) is 19.7. The van der Waals surface area contributed by atoms with E-state index in [9.17, 15) is 14.4 Å². The normalized spacial score (nSPS) is 11.9. The third kappa shape index (κ3) is 61.9. The number of imide groups is 1. The number of carbonyl (C=O) groups is 3. The van der Waals surface area contributed by atoms with Crippen molar-refractivity contribution in [3.8, 4) is 0 Å². The summed E-state index contributed by atoms with van der Waals surface area (Å²) < 4.78 is 109. The number of aliphatic hydroxyl groups is 3. The van der Waals surface area contributed by atoms with Crippen molar-refractivity contribution in [2.45, 2.75) is 64.3 Å². The van der Waals surface area contributed by atoms with Crippen LogP contribution in [-0.4, -0.2) is 287 Å². The highest BCUT2D eigenvalue weighted by Gasteiger charge is 2.35. The maximum atomic E-state index is 12.0. The van der Waals surface area contributed by atoms with Crippen LogP contribution in [0, 0.1) is 5.92 Å². The molecule has 534 valence electrons. The summed E-state index contributed by atoms with van der Waals surface area (Å²) in [6.45, 7) is 9.95. The molecule has 2 aromatic carbocycles. The lowest BCUT2D eigenvalue weighted by Gasteiger charge is -2.19. The van der Waals surface area contributed by atoms with Gasteiger partial charge in [0.2, 0.25) is 0 Å². The van der Waals surface area contributed by atoms with Crippen LogP contribution in [0.15, 0.2) is 60.7 Å². The molecule has 1 saturated heterocycles. The Morgan fingerprint density at radius 3 is 1.09 bits per heavy atom. The minimum atomic E-state index is -0.809. The molecule has 0 saturated carbocycles. The van der Waals surface area contributed by atoms with Crippen molar-refractivity contribution in [2.75, 3.05) is 224 Å². The Morgan fingerprint density at radius 2 is 0.758 bits per heavy atom. The summed E-state index contributed by atoms with van der Waals surface area (Å²) in [5.74, 6) is -2.67. The number of hydroxylamine groups is 2. The molecule has 91 heavy (non-hydrogen) atoms. The van der Waals surface area contributed by atoms with Crippen LogP contribution in [0.5, 0.6) is 0 Å². The molecule has 32 nitrogen and oxygen atoms in total. The second-order valence-corrected chi connectivity index (χ2v) is 17.7. The summed E-state index contributed by atoms with van der Waals surface area (Å²) in [7, 11) is 13.9. The second kappa shape index (κ2) is 73.4. The van der Waals surface area contributed by atoms with Gasteiger partial charge >= 0.3 is 5.97 Å². The van der Waals surface area contributed by atoms with Gasteiger partial charge in [0, 0.05) is 90.0 Å². The third-order valence-corrected chi connectivity index (χ3v) is 10.1. The topological polar surface area (TPSA) is 346 Å². The van der Waals surface area contributed by atoms with Crippen molar-refractivity contribution in [3.05, 3.63) is 71.8 Å². The van der Waals surface area contributed by atoms with Crippen molar-refractivity contribution >= 4 is 17.8 Å². The highest BCUT2D eigenvalue weighted by molar-refractivity contribution is 6.01. The average molecular weight is 1330 g/mol. The van der Waals surface area contributed by atoms with E-state index in [0.717, 1.165) is 17.7 Å². The quantitative estimate of drug-likeness (QED) is 0.0282. The van der Waals surface area contributed by atoms with Gasteiger partial charge in [0.1, 0.15) is 105 Å². The molecule has 0 spiro atoms. The first-order valence-electron chi connectivity index (χ1n) is 28.7. The fraction of sp³-hybridized carbons (Fsp3) is 0.746. The number of hydrogen-bond acceptors (Lipinski definition) is 31. The Morgan fingerprint density at radius 1 is 0.429 bits per heavy atom. The Labute approximate surface area is 536 Å². The Hall–Kier alpha value is -4.03. The molecule has 2 aromatic rings. The van der Waals surface area contributed by atoms with Crippen molar-refractivity contribution in [2.24, 2.45) is 5.92 Å². The lowest BCUT2D eigenvalue weighted by molar-refractivity contribution is -0.343. The maximum Gasteiger partial charge on any atom is 0.340 e. The van der Waals surface area contributed by atoms with Gasteiger partial charge in [0.05, 0.1) is 85.9 Å². The molecule has 1 aliphatic heterocycles. The van der Waals surface area contributed by atoms with Crippen molar-refractivity contribution in [3.63, 3.8) is 0 Å². The van der Waals surface area contributed by atoms with Gasteiger partial charge in [-0.2, -0.15) is 0 Å².